The minimum atomic E-state index is -0.942. The van der Waals surface area contributed by atoms with E-state index in [4.69, 9.17) is 5.73 Å². The number of amides is 3. The van der Waals surface area contributed by atoms with Gasteiger partial charge < -0.3 is 20.9 Å². The molecular formula is C30H36N4O2. The van der Waals surface area contributed by atoms with E-state index in [0.717, 1.165) is 16.7 Å². The number of benzene rings is 3. The number of hydrogen-bond acceptors (Lipinski definition) is 3. The Hall–Kier alpha value is -3.64. The smallest absolute Gasteiger partial charge is 0.317 e. The largest absolute Gasteiger partial charge is 0.369 e. The molecule has 1 fully saturated rings. The Kier molecular flexibility index (Phi) is 8.06. The molecule has 3 aromatic carbocycles. The molecular weight excluding hydrogens is 448 g/mol. The Morgan fingerprint density at radius 2 is 1.36 bits per heavy atom. The number of hydrogen-bond donors (Lipinski definition) is 2. The maximum Gasteiger partial charge on any atom is 0.317 e. The van der Waals surface area contributed by atoms with Crippen LogP contribution in [0.1, 0.15) is 35.6 Å². The number of urea groups is 1. The van der Waals surface area contributed by atoms with Crippen LogP contribution >= 0.6 is 0 Å². The van der Waals surface area contributed by atoms with Crippen molar-refractivity contribution in [1.82, 2.24) is 15.1 Å². The molecule has 3 aromatic rings. The lowest BCUT2D eigenvalue weighted by Crippen LogP contribution is -2.54. The fourth-order valence-electron chi connectivity index (χ4n) is 5.57. The van der Waals surface area contributed by atoms with E-state index < -0.39 is 5.41 Å². The molecule has 1 aliphatic rings. The van der Waals surface area contributed by atoms with Crippen LogP contribution in [-0.2, 0) is 10.2 Å². The Labute approximate surface area is 214 Å². The van der Waals surface area contributed by atoms with Crippen LogP contribution in [0.3, 0.4) is 0 Å². The summed E-state index contributed by atoms with van der Waals surface area (Å²) in [4.78, 5) is 30.5. The molecule has 1 saturated heterocycles. The lowest BCUT2D eigenvalue weighted by molar-refractivity contribution is -0.124. The zero-order valence-electron chi connectivity index (χ0n) is 21.1. The Balaban J connectivity index is 1.54. The zero-order chi connectivity index (χ0) is 25.5. The van der Waals surface area contributed by atoms with Gasteiger partial charge in [-0.3, -0.25) is 4.79 Å². The third-order valence-corrected chi connectivity index (χ3v) is 7.29. The summed E-state index contributed by atoms with van der Waals surface area (Å²) in [6.45, 7) is 1.84. The molecule has 1 unspecified atom stereocenters. The monoisotopic (exact) mass is 484 g/mol. The van der Waals surface area contributed by atoms with E-state index in [1.807, 2.05) is 110 Å². The van der Waals surface area contributed by atoms with Gasteiger partial charge in [0.25, 0.3) is 0 Å². The summed E-state index contributed by atoms with van der Waals surface area (Å²) in [6.07, 6.45) is 1.37. The molecule has 1 heterocycles. The SMILES string of the molecule is CN(C)CC(NC(=O)N1CCC(C(C(N)=O)(c2ccccc2)c2ccccc2)CC1)c1ccccc1. The van der Waals surface area contributed by atoms with E-state index in [9.17, 15) is 9.59 Å². The number of likely N-dealkylation sites (N-methyl/N-ethyl adjacent to an activating group) is 1. The first-order valence-corrected chi connectivity index (χ1v) is 12.6. The average molecular weight is 485 g/mol. The van der Waals surface area contributed by atoms with E-state index in [0.29, 0.717) is 32.5 Å². The highest BCUT2D eigenvalue weighted by Crippen LogP contribution is 2.44. The van der Waals surface area contributed by atoms with Crippen molar-refractivity contribution in [3.05, 3.63) is 108 Å². The zero-order valence-corrected chi connectivity index (χ0v) is 21.1. The van der Waals surface area contributed by atoms with E-state index >= 15 is 0 Å². The molecule has 3 amide bonds. The number of carbonyl (C=O) groups excluding carboxylic acids is 2. The van der Waals surface area contributed by atoms with Gasteiger partial charge in [0.15, 0.2) is 0 Å². The van der Waals surface area contributed by atoms with Crippen LogP contribution in [0.15, 0.2) is 91.0 Å². The summed E-state index contributed by atoms with van der Waals surface area (Å²) in [5, 5.41) is 3.23. The molecule has 1 atom stereocenters. The van der Waals surface area contributed by atoms with Crippen LogP contribution < -0.4 is 11.1 Å². The Bertz CT molecular complexity index is 1090. The number of rotatable bonds is 8. The highest BCUT2D eigenvalue weighted by atomic mass is 16.2. The first kappa shape index (κ1) is 25.5. The molecule has 188 valence electrons. The Morgan fingerprint density at radius 1 is 0.889 bits per heavy atom. The minimum absolute atomic E-state index is 0.0180. The van der Waals surface area contributed by atoms with Crippen molar-refractivity contribution in [2.45, 2.75) is 24.3 Å². The molecule has 4 rings (SSSR count). The molecule has 6 heteroatoms. The summed E-state index contributed by atoms with van der Waals surface area (Å²) in [5.74, 6) is -0.367. The predicted molar refractivity (Wildman–Crippen MR) is 143 cm³/mol. The number of primary amides is 1. The van der Waals surface area contributed by atoms with Crippen LogP contribution in [-0.4, -0.2) is 55.5 Å². The molecule has 0 saturated carbocycles. The number of nitrogens with zero attached hydrogens (tertiary/aromatic N) is 2. The van der Waals surface area contributed by atoms with Gasteiger partial charge in [-0.2, -0.15) is 0 Å². The van der Waals surface area contributed by atoms with Crippen molar-refractivity contribution in [2.75, 3.05) is 33.7 Å². The van der Waals surface area contributed by atoms with E-state index in [-0.39, 0.29) is 23.9 Å². The molecule has 36 heavy (non-hydrogen) atoms. The minimum Gasteiger partial charge on any atom is -0.369 e. The summed E-state index contributed by atoms with van der Waals surface area (Å²) in [6, 6.07) is 29.5. The molecule has 3 N–H and O–H groups in total. The second-order valence-electron chi connectivity index (χ2n) is 9.84. The third-order valence-electron chi connectivity index (χ3n) is 7.29. The van der Waals surface area contributed by atoms with Crippen molar-refractivity contribution in [2.24, 2.45) is 11.7 Å². The van der Waals surface area contributed by atoms with Crippen molar-refractivity contribution < 1.29 is 9.59 Å². The summed E-state index contributed by atoms with van der Waals surface area (Å²) in [5.41, 5.74) is 8.15. The summed E-state index contributed by atoms with van der Waals surface area (Å²) >= 11 is 0. The van der Waals surface area contributed by atoms with Gasteiger partial charge in [0.2, 0.25) is 5.91 Å². The van der Waals surface area contributed by atoms with Gasteiger partial charge in [0.1, 0.15) is 5.41 Å². The normalized spacial score (nSPS) is 15.5. The number of piperidine rings is 1. The quantitative estimate of drug-likeness (QED) is 0.503. The summed E-state index contributed by atoms with van der Waals surface area (Å²) < 4.78 is 0. The van der Waals surface area contributed by atoms with Crippen molar-refractivity contribution >= 4 is 11.9 Å². The third kappa shape index (κ3) is 5.29. The molecule has 0 bridgehead atoms. The number of carbonyl (C=O) groups is 2. The lowest BCUT2D eigenvalue weighted by Gasteiger charge is -2.44. The van der Waals surface area contributed by atoms with Gasteiger partial charge in [-0.05, 0) is 49.5 Å². The van der Waals surface area contributed by atoms with Crippen LogP contribution in [0.2, 0.25) is 0 Å². The molecule has 0 aliphatic carbocycles. The highest BCUT2D eigenvalue weighted by Gasteiger charge is 2.48. The van der Waals surface area contributed by atoms with Crippen LogP contribution in [0, 0.1) is 5.92 Å². The van der Waals surface area contributed by atoms with E-state index in [1.165, 1.54) is 0 Å². The van der Waals surface area contributed by atoms with Crippen molar-refractivity contribution in [3.63, 3.8) is 0 Å². The van der Waals surface area contributed by atoms with Gasteiger partial charge >= 0.3 is 6.03 Å². The topological polar surface area (TPSA) is 78.7 Å². The molecule has 6 nitrogen and oxygen atoms in total. The molecule has 0 spiro atoms. The van der Waals surface area contributed by atoms with Crippen molar-refractivity contribution in [1.29, 1.82) is 0 Å². The first-order valence-electron chi connectivity index (χ1n) is 12.6. The second kappa shape index (κ2) is 11.4. The van der Waals surface area contributed by atoms with E-state index in [2.05, 4.69) is 10.2 Å². The molecule has 0 radical (unpaired) electrons. The molecule has 1 aliphatic heterocycles. The van der Waals surface area contributed by atoms with Crippen LogP contribution in [0.25, 0.3) is 0 Å². The van der Waals surface area contributed by atoms with Crippen LogP contribution in [0.4, 0.5) is 4.79 Å². The maximum absolute atomic E-state index is 13.3. The highest BCUT2D eigenvalue weighted by molar-refractivity contribution is 5.91. The second-order valence-corrected chi connectivity index (χ2v) is 9.84. The lowest BCUT2D eigenvalue weighted by atomic mass is 9.62. The molecule has 0 aromatic heterocycles. The predicted octanol–water partition coefficient (Wildman–Crippen LogP) is 4.18. The van der Waals surface area contributed by atoms with Gasteiger partial charge in [-0.1, -0.05) is 91.0 Å². The fourth-order valence-corrected chi connectivity index (χ4v) is 5.57. The average Bonchev–Trinajstić information content (AvgIpc) is 2.90. The Morgan fingerprint density at radius 3 is 1.81 bits per heavy atom. The number of likely N-dealkylation sites (tertiary alicyclic amines) is 1. The van der Waals surface area contributed by atoms with Gasteiger partial charge in [0, 0.05) is 19.6 Å². The van der Waals surface area contributed by atoms with Gasteiger partial charge in [0.05, 0.1) is 6.04 Å². The summed E-state index contributed by atoms with van der Waals surface area (Å²) in [7, 11) is 4.01. The first-order chi connectivity index (χ1) is 17.4. The number of nitrogens with one attached hydrogen (secondary N) is 1. The number of nitrogens with two attached hydrogens (primary N) is 1. The van der Waals surface area contributed by atoms with Gasteiger partial charge in [-0.25, -0.2) is 4.79 Å². The van der Waals surface area contributed by atoms with Gasteiger partial charge in [-0.15, -0.1) is 0 Å². The maximum atomic E-state index is 13.3. The standard InChI is InChI=1S/C30H36N4O2/c1-33(2)22-27(23-12-6-3-7-13-23)32-29(36)34-20-18-26(19-21-34)30(28(31)35,24-14-8-4-9-15-24)25-16-10-5-11-17-25/h3-17,26-27H,18-22H2,1-2H3,(H2,31,35)(H,32,36). The fraction of sp³-hybridized carbons (Fsp3) is 0.333. The van der Waals surface area contributed by atoms with Crippen molar-refractivity contribution in [3.8, 4) is 0 Å². The van der Waals surface area contributed by atoms with E-state index in [1.54, 1.807) is 0 Å². The van der Waals surface area contributed by atoms with Crippen LogP contribution in [0.5, 0.6) is 0 Å².